The van der Waals surface area contributed by atoms with E-state index in [1.807, 2.05) is 0 Å². The minimum Gasteiger partial charge on any atom is -0.449 e. The van der Waals surface area contributed by atoms with Crippen molar-refractivity contribution in [3.8, 4) is 0 Å². The van der Waals surface area contributed by atoms with Gasteiger partial charge in [-0.05, 0) is 53.5 Å². The number of halogens is 2. The second-order valence-corrected chi connectivity index (χ2v) is 5.81. The Hall–Kier alpha value is -2.28. The highest BCUT2D eigenvalue weighted by molar-refractivity contribution is 9.10. The molecule has 0 saturated carbocycles. The van der Waals surface area contributed by atoms with Crippen LogP contribution in [0.15, 0.2) is 41.1 Å². The SMILES string of the molecule is Cc1ccc(NC(=O)[C@H](C)OC(=O)c2cncc(Br)c2)cc1F. The Labute approximate surface area is 141 Å². The number of pyridine rings is 1. The van der Waals surface area contributed by atoms with Gasteiger partial charge >= 0.3 is 5.97 Å². The third-order valence-electron chi connectivity index (χ3n) is 3.03. The summed E-state index contributed by atoms with van der Waals surface area (Å²) in [4.78, 5) is 27.8. The molecule has 0 unspecified atom stereocenters. The number of amides is 1. The monoisotopic (exact) mass is 380 g/mol. The fraction of sp³-hybridized carbons (Fsp3) is 0.188. The first-order valence-corrected chi connectivity index (χ1v) is 7.54. The smallest absolute Gasteiger partial charge is 0.340 e. The lowest BCUT2D eigenvalue weighted by Crippen LogP contribution is -2.30. The molecule has 1 heterocycles. The van der Waals surface area contributed by atoms with Crippen LogP contribution in [0.1, 0.15) is 22.8 Å². The van der Waals surface area contributed by atoms with Crippen LogP contribution < -0.4 is 5.32 Å². The lowest BCUT2D eigenvalue weighted by Gasteiger charge is -2.14. The Morgan fingerprint density at radius 1 is 1.30 bits per heavy atom. The Kier molecular flexibility index (Phi) is 5.44. The molecule has 1 atom stereocenters. The number of nitrogens with one attached hydrogen (secondary N) is 1. The fourth-order valence-electron chi connectivity index (χ4n) is 1.72. The van der Waals surface area contributed by atoms with Crippen molar-refractivity contribution >= 4 is 33.5 Å². The number of aryl methyl sites for hydroxylation is 1. The van der Waals surface area contributed by atoms with Gasteiger partial charge in [0, 0.05) is 22.6 Å². The molecule has 0 radical (unpaired) electrons. The van der Waals surface area contributed by atoms with Gasteiger partial charge in [-0.3, -0.25) is 9.78 Å². The Bertz CT molecular complexity index is 752. The standard InChI is InChI=1S/C16H14BrFN2O3/c1-9-3-4-13(6-14(9)18)20-15(21)10(2)23-16(22)11-5-12(17)8-19-7-11/h3-8,10H,1-2H3,(H,20,21)/t10-/m0/s1. The minimum atomic E-state index is -1.04. The Morgan fingerprint density at radius 2 is 2.04 bits per heavy atom. The lowest BCUT2D eigenvalue weighted by atomic mass is 10.2. The number of aromatic nitrogens is 1. The molecule has 1 aromatic heterocycles. The first kappa shape index (κ1) is 17.1. The minimum absolute atomic E-state index is 0.223. The van der Waals surface area contributed by atoms with Crippen molar-refractivity contribution < 1.29 is 18.7 Å². The molecule has 0 spiro atoms. The molecule has 0 aliphatic rings. The summed E-state index contributed by atoms with van der Waals surface area (Å²) in [7, 11) is 0. The van der Waals surface area contributed by atoms with Gasteiger partial charge in [0.1, 0.15) is 5.82 Å². The molecule has 1 N–H and O–H groups in total. The highest BCUT2D eigenvalue weighted by Gasteiger charge is 2.19. The van der Waals surface area contributed by atoms with Crippen molar-refractivity contribution in [2.45, 2.75) is 20.0 Å². The van der Waals surface area contributed by atoms with E-state index in [4.69, 9.17) is 4.74 Å². The van der Waals surface area contributed by atoms with Crippen LogP contribution in [0.2, 0.25) is 0 Å². The molecule has 23 heavy (non-hydrogen) atoms. The van der Waals surface area contributed by atoms with E-state index in [-0.39, 0.29) is 5.56 Å². The number of anilines is 1. The average molecular weight is 381 g/mol. The fourth-order valence-corrected chi connectivity index (χ4v) is 2.08. The summed E-state index contributed by atoms with van der Waals surface area (Å²) >= 11 is 3.20. The highest BCUT2D eigenvalue weighted by Crippen LogP contribution is 2.15. The van der Waals surface area contributed by atoms with Gasteiger partial charge in [-0.2, -0.15) is 0 Å². The van der Waals surface area contributed by atoms with E-state index in [0.717, 1.165) is 0 Å². The van der Waals surface area contributed by atoms with Gasteiger partial charge in [0.15, 0.2) is 6.10 Å². The number of carbonyl (C=O) groups excluding carboxylic acids is 2. The summed E-state index contributed by atoms with van der Waals surface area (Å²) in [5.74, 6) is -1.64. The van der Waals surface area contributed by atoms with E-state index in [9.17, 15) is 14.0 Å². The van der Waals surface area contributed by atoms with Crippen LogP contribution in [-0.4, -0.2) is 23.0 Å². The average Bonchev–Trinajstić information content (AvgIpc) is 2.50. The number of benzene rings is 1. The number of rotatable bonds is 4. The quantitative estimate of drug-likeness (QED) is 0.824. The largest absolute Gasteiger partial charge is 0.449 e. The normalized spacial score (nSPS) is 11.7. The highest BCUT2D eigenvalue weighted by atomic mass is 79.9. The van der Waals surface area contributed by atoms with Crippen LogP contribution in [0.25, 0.3) is 0 Å². The summed E-state index contributed by atoms with van der Waals surface area (Å²) in [6.07, 6.45) is 1.83. The van der Waals surface area contributed by atoms with E-state index in [1.54, 1.807) is 19.1 Å². The molecular weight excluding hydrogens is 367 g/mol. The lowest BCUT2D eigenvalue weighted by molar-refractivity contribution is -0.123. The number of nitrogens with zero attached hydrogens (tertiary/aromatic N) is 1. The topological polar surface area (TPSA) is 68.3 Å². The number of ether oxygens (including phenoxy) is 1. The van der Waals surface area contributed by atoms with Gasteiger partial charge in [0.2, 0.25) is 0 Å². The zero-order valence-electron chi connectivity index (χ0n) is 12.5. The maximum atomic E-state index is 13.5. The van der Waals surface area contributed by atoms with Crippen LogP contribution in [0.3, 0.4) is 0 Å². The molecule has 2 rings (SSSR count). The van der Waals surface area contributed by atoms with Crippen molar-refractivity contribution in [2.75, 3.05) is 5.32 Å². The van der Waals surface area contributed by atoms with Crippen molar-refractivity contribution in [3.05, 3.63) is 58.1 Å². The molecule has 120 valence electrons. The Morgan fingerprint density at radius 3 is 2.70 bits per heavy atom. The van der Waals surface area contributed by atoms with E-state index in [0.29, 0.717) is 15.7 Å². The second kappa shape index (κ2) is 7.32. The molecule has 2 aromatic rings. The number of carbonyl (C=O) groups is 2. The van der Waals surface area contributed by atoms with Crippen molar-refractivity contribution in [3.63, 3.8) is 0 Å². The van der Waals surface area contributed by atoms with E-state index < -0.39 is 23.8 Å². The first-order chi connectivity index (χ1) is 10.9. The second-order valence-electron chi connectivity index (χ2n) is 4.89. The van der Waals surface area contributed by atoms with Crippen LogP contribution in [0.4, 0.5) is 10.1 Å². The molecule has 0 saturated heterocycles. The molecule has 1 amide bonds. The van der Waals surface area contributed by atoms with Crippen LogP contribution >= 0.6 is 15.9 Å². The number of esters is 1. The summed E-state index contributed by atoms with van der Waals surface area (Å²) in [5, 5.41) is 2.50. The summed E-state index contributed by atoms with van der Waals surface area (Å²) < 4.78 is 19.2. The summed E-state index contributed by atoms with van der Waals surface area (Å²) in [5.41, 5.74) is 0.996. The maximum Gasteiger partial charge on any atom is 0.340 e. The number of hydrogen-bond acceptors (Lipinski definition) is 4. The van der Waals surface area contributed by atoms with Gasteiger partial charge in [-0.1, -0.05) is 6.07 Å². The van der Waals surface area contributed by atoms with E-state index in [1.165, 1.54) is 31.5 Å². The third-order valence-corrected chi connectivity index (χ3v) is 3.47. The molecule has 0 aliphatic heterocycles. The van der Waals surface area contributed by atoms with Gasteiger partial charge in [0.05, 0.1) is 5.56 Å². The molecule has 1 aromatic carbocycles. The van der Waals surface area contributed by atoms with Crippen molar-refractivity contribution in [1.29, 1.82) is 0 Å². The molecule has 7 heteroatoms. The van der Waals surface area contributed by atoms with Gasteiger partial charge in [-0.15, -0.1) is 0 Å². The predicted molar refractivity (Wildman–Crippen MR) is 86.6 cm³/mol. The molecule has 0 bridgehead atoms. The van der Waals surface area contributed by atoms with Crippen LogP contribution in [0.5, 0.6) is 0 Å². The maximum absolute atomic E-state index is 13.5. The van der Waals surface area contributed by atoms with Crippen molar-refractivity contribution in [1.82, 2.24) is 4.98 Å². The summed E-state index contributed by atoms with van der Waals surface area (Å²) in [6.45, 7) is 3.06. The first-order valence-electron chi connectivity index (χ1n) is 6.75. The van der Waals surface area contributed by atoms with Crippen LogP contribution in [0, 0.1) is 12.7 Å². The van der Waals surface area contributed by atoms with Crippen LogP contribution in [-0.2, 0) is 9.53 Å². The van der Waals surface area contributed by atoms with Gasteiger partial charge in [0.25, 0.3) is 5.91 Å². The third kappa shape index (κ3) is 4.59. The van der Waals surface area contributed by atoms with E-state index >= 15 is 0 Å². The van der Waals surface area contributed by atoms with Gasteiger partial charge < -0.3 is 10.1 Å². The molecule has 0 fully saturated rings. The predicted octanol–water partition coefficient (Wildman–Crippen LogP) is 3.48. The summed E-state index contributed by atoms with van der Waals surface area (Å²) in [6, 6.07) is 5.87. The van der Waals surface area contributed by atoms with Gasteiger partial charge in [-0.25, -0.2) is 9.18 Å². The molecular formula is C16H14BrFN2O3. The zero-order chi connectivity index (χ0) is 17.0. The molecule has 0 aliphatic carbocycles. The van der Waals surface area contributed by atoms with E-state index in [2.05, 4.69) is 26.2 Å². The number of hydrogen-bond donors (Lipinski definition) is 1. The zero-order valence-corrected chi connectivity index (χ0v) is 14.1. The molecule has 5 nitrogen and oxygen atoms in total. The Balaban J connectivity index is 1.99. The van der Waals surface area contributed by atoms with Crippen molar-refractivity contribution in [2.24, 2.45) is 0 Å².